The van der Waals surface area contributed by atoms with Crippen molar-refractivity contribution in [2.45, 2.75) is 32.9 Å². The minimum atomic E-state index is -0.0839. The van der Waals surface area contributed by atoms with Crippen molar-refractivity contribution < 1.29 is 9.15 Å². The summed E-state index contributed by atoms with van der Waals surface area (Å²) >= 11 is 0. The van der Waals surface area contributed by atoms with Crippen molar-refractivity contribution in [2.75, 3.05) is 13.2 Å². The van der Waals surface area contributed by atoms with E-state index in [0.717, 1.165) is 49.5 Å². The molecule has 0 aliphatic carbocycles. The number of ether oxygens (including phenoxy) is 1. The van der Waals surface area contributed by atoms with Crippen molar-refractivity contribution >= 4 is 0 Å². The third kappa shape index (κ3) is 3.95. The van der Waals surface area contributed by atoms with E-state index < -0.39 is 0 Å². The Morgan fingerprint density at radius 3 is 2.85 bits per heavy atom. The van der Waals surface area contributed by atoms with Crippen molar-refractivity contribution in [1.29, 1.82) is 0 Å². The van der Waals surface area contributed by atoms with Gasteiger partial charge in [0.2, 0.25) is 0 Å². The first-order valence-corrected chi connectivity index (χ1v) is 9.33. The van der Waals surface area contributed by atoms with Crippen LogP contribution in [0.15, 0.2) is 51.9 Å². The van der Waals surface area contributed by atoms with Crippen LogP contribution in [0.25, 0.3) is 11.6 Å². The lowest BCUT2D eigenvalue weighted by Crippen LogP contribution is -2.35. The van der Waals surface area contributed by atoms with E-state index in [9.17, 15) is 4.79 Å². The number of aromatic nitrogens is 2. The highest BCUT2D eigenvalue weighted by molar-refractivity contribution is 5.47. The van der Waals surface area contributed by atoms with Gasteiger partial charge in [0.15, 0.2) is 11.6 Å². The summed E-state index contributed by atoms with van der Waals surface area (Å²) in [7, 11) is 0. The van der Waals surface area contributed by atoms with Crippen LogP contribution >= 0.6 is 0 Å². The second-order valence-corrected chi connectivity index (χ2v) is 6.77. The van der Waals surface area contributed by atoms with E-state index in [1.165, 1.54) is 5.56 Å². The van der Waals surface area contributed by atoms with Crippen LogP contribution < -0.4 is 10.3 Å². The Hall–Kier alpha value is -2.86. The quantitative estimate of drug-likeness (QED) is 0.725. The summed E-state index contributed by atoms with van der Waals surface area (Å²) in [4.78, 5) is 22.3. The molecule has 140 valence electrons. The summed E-state index contributed by atoms with van der Waals surface area (Å²) in [5, 5.41) is 0. The van der Waals surface area contributed by atoms with Crippen LogP contribution in [-0.4, -0.2) is 28.0 Å². The molecule has 0 spiro atoms. The molecule has 1 aliphatic rings. The smallest absolute Gasteiger partial charge is 0.256 e. The molecule has 0 fully saturated rings. The second kappa shape index (κ2) is 7.80. The van der Waals surface area contributed by atoms with Gasteiger partial charge >= 0.3 is 0 Å². The van der Waals surface area contributed by atoms with Crippen molar-refractivity contribution in [1.82, 2.24) is 14.9 Å². The van der Waals surface area contributed by atoms with Gasteiger partial charge in [0.1, 0.15) is 5.75 Å². The Labute approximate surface area is 157 Å². The van der Waals surface area contributed by atoms with Gasteiger partial charge in [0, 0.05) is 26.1 Å². The Morgan fingerprint density at radius 2 is 2.11 bits per heavy atom. The zero-order chi connectivity index (χ0) is 18.6. The number of furan rings is 1. The fraction of sp³-hybridized carbons (Fsp3) is 0.333. The first kappa shape index (κ1) is 17.5. The summed E-state index contributed by atoms with van der Waals surface area (Å²) in [6.45, 7) is 5.10. The fourth-order valence-corrected chi connectivity index (χ4v) is 3.32. The molecule has 0 bridgehead atoms. The molecule has 3 aromatic rings. The lowest BCUT2D eigenvalue weighted by Gasteiger charge is -2.27. The molecular formula is C21H23N3O3. The second-order valence-electron chi connectivity index (χ2n) is 6.77. The highest BCUT2D eigenvalue weighted by atomic mass is 16.5. The molecule has 27 heavy (non-hydrogen) atoms. The van der Waals surface area contributed by atoms with Gasteiger partial charge in [-0.25, -0.2) is 4.98 Å². The lowest BCUT2D eigenvalue weighted by atomic mass is 10.1. The number of rotatable bonds is 6. The summed E-state index contributed by atoms with van der Waals surface area (Å²) in [6, 6.07) is 11.8. The summed E-state index contributed by atoms with van der Waals surface area (Å²) < 4.78 is 11.0. The molecule has 0 radical (unpaired) electrons. The topological polar surface area (TPSA) is 71.4 Å². The van der Waals surface area contributed by atoms with Crippen LogP contribution in [0.2, 0.25) is 0 Å². The number of hydrogen-bond acceptors (Lipinski definition) is 5. The van der Waals surface area contributed by atoms with Gasteiger partial charge in [-0.15, -0.1) is 0 Å². The van der Waals surface area contributed by atoms with Crippen LogP contribution in [0.4, 0.5) is 0 Å². The molecule has 0 amide bonds. The number of H-pyrrole nitrogens is 1. The monoisotopic (exact) mass is 365 g/mol. The third-order valence-corrected chi connectivity index (χ3v) is 4.70. The SMILES string of the molecule is CCCOc1ccc(CN2CCc3nc(-c4ccco4)[nH]c(=O)c3C2)cc1. The van der Waals surface area contributed by atoms with E-state index in [0.29, 0.717) is 18.1 Å². The third-order valence-electron chi connectivity index (χ3n) is 4.70. The van der Waals surface area contributed by atoms with Crippen molar-refractivity contribution in [3.05, 3.63) is 69.8 Å². The van der Waals surface area contributed by atoms with Crippen LogP contribution in [0.3, 0.4) is 0 Å². The highest BCUT2D eigenvalue weighted by Crippen LogP contribution is 2.21. The molecular weight excluding hydrogens is 342 g/mol. The van der Waals surface area contributed by atoms with Gasteiger partial charge in [-0.3, -0.25) is 9.69 Å². The molecule has 2 aromatic heterocycles. The van der Waals surface area contributed by atoms with Crippen molar-refractivity contribution in [3.8, 4) is 17.3 Å². The predicted octanol–water partition coefficient (Wildman–Crippen LogP) is 3.38. The van der Waals surface area contributed by atoms with Crippen LogP contribution in [0, 0.1) is 0 Å². The van der Waals surface area contributed by atoms with E-state index in [1.54, 1.807) is 18.4 Å². The maximum absolute atomic E-state index is 12.5. The Kier molecular flexibility index (Phi) is 5.07. The minimum absolute atomic E-state index is 0.0839. The predicted molar refractivity (Wildman–Crippen MR) is 103 cm³/mol. The summed E-state index contributed by atoms with van der Waals surface area (Å²) in [6.07, 6.45) is 3.33. The maximum atomic E-state index is 12.5. The molecule has 1 aromatic carbocycles. The minimum Gasteiger partial charge on any atom is -0.494 e. The standard InChI is InChI=1S/C21H23N3O3/c1-2-11-26-16-7-5-15(6-8-16)13-24-10-9-18-17(14-24)21(25)23-20(22-18)19-4-3-12-27-19/h3-8,12H,2,9-11,13-14H2,1H3,(H,22,23,25). The number of nitrogens with zero attached hydrogens (tertiary/aromatic N) is 2. The summed E-state index contributed by atoms with van der Waals surface area (Å²) in [5.74, 6) is 1.98. The molecule has 0 atom stereocenters. The lowest BCUT2D eigenvalue weighted by molar-refractivity contribution is 0.241. The molecule has 0 saturated heterocycles. The molecule has 3 heterocycles. The molecule has 4 rings (SSSR count). The maximum Gasteiger partial charge on any atom is 0.256 e. The number of hydrogen-bond donors (Lipinski definition) is 1. The van der Waals surface area contributed by atoms with Gasteiger partial charge in [-0.1, -0.05) is 19.1 Å². The van der Waals surface area contributed by atoms with Gasteiger partial charge in [-0.05, 0) is 36.2 Å². The van der Waals surface area contributed by atoms with Gasteiger partial charge in [0.05, 0.1) is 24.1 Å². The van der Waals surface area contributed by atoms with Gasteiger partial charge < -0.3 is 14.1 Å². The number of benzene rings is 1. The molecule has 0 saturated carbocycles. The fourth-order valence-electron chi connectivity index (χ4n) is 3.32. The van der Waals surface area contributed by atoms with Crippen LogP contribution in [0.5, 0.6) is 5.75 Å². The van der Waals surface area contributed by atoms with Gasteiger partial charge in [0.25, 0.3) is 5.56 Å². The number of aromatic amines is 1. The largest absolute Gasteiger partial charge is 0.494 e. The Morgan fingerprint density at radius 1 is 1.26 bits per heavy atom. The highest BCUT2D eigenvalue weighted by Gasteiger charge is 2.22. The van der Waals surface area contributed by atoms with Crippen molar-refractivity contribution in [2.24, 2.45) is 0 Å². The molecule has 6 heteroatoms. The Bertz CT molecular complexity index is 946. The van der Waals surface area contributed by atoms with E-state index in [4.69, 9.17) is 9.15 Å². The average Bonchev–Trinajstić information content (AvgIpc) is 3.23. The molecule has 6 nitrogen and oxygen atoms in total. The normalized spacial score (nSPS) is 14.1. The van der Waals surface area contributed by atoms with Crippen LogP contribution in [0.1, 0.15) is 30.2 Å². The molecule has 1 aliphatic heterocycles. The first-order chi connectivity index (χ1) is 13.2. The molecule has 0 unspecified atom stereocenters. The summed E-state index contributed by atoms with van der Waals surface area (Å²) in [5.41, 5.74) is 2.74. The zero-order valence-corrected chi connectivity index (χ0v) is 15.4. The zero-order valence-electron chi connectivity index (χ0n) is 15.4. The van der Waals surface area contributed by atoms with E-state index in [-0.39, 0.29) is 5.56 Å². The number of nitrogens with one attached hydrogen (secondary N) is 1. The van der Waals surface area contributed by atoms with Crippen molar-refractivity contribution in [3.63, 3.8) is 0 Å². The van der Waals surface area contributed by atoms with E-state index in [1.807, 2.05) is 12.1 Å². The van der Waals surface area contributed by atoms with Crippen LogP contribution in [-0.2, 0) is 19.5 Å². The van der Waals surface area contributed by atoms with Gasteiger partial charge in [-0.2, -0.15) is 0 Å². The molecule has 1 N–H and O–H groups in total. The number of fused-ring (bicyclic) bond motifs is 1. The van der Waals surface area contributed by atoms with E-state index in [2.05, 4.69) is 33.9 Å². The first-order valence-electron chi connectivity index (χ1n) is 9.33. The average molecular weight is 365 g/mol. The van der Waals surface area contributed by atoms with E-state index >= 15 is 0 Å². The Balaban J connectivity index is 1.46.